The minimum Gasteiger partial charge on any atom is -0.463 e. The fraction of sp³-hybridized carbons (Fsp3) is 0.923. The number of carbonyl (C=O) groups excluding carboxylic acids is 1. The van der Waals surface area contributed by atoms with Crippen molar-refractivity contribution in [2.45, 2.75) is 51.6 Å². The van der Waals surface area contributed by atoms with Crippen molar-refractivity contribution < 1.29 is 14.3 Å². The van der Waals surface area contributed by atoms with E-state index in [-0.39, 0.29) is 12.1 Å². The maximum absolute atomic E-state index is 11.4. The minimum atomic E-state index is -0.0837. The number of esters is 1. The van der Waals surface area contributed by atoms with Crippen LogP contribution in [-0.2, 0) is 14.3 Å². The smallest absolute Gasteiger partial charge is 0.305 e. The Bertz CT molecular complexity index is 221. The van der Waals surface area contributed by atoms with E-state index in [0.717, 1.165) is 19.4 Å². The molecule has 1 unspecified atom stereocenters. The molecule has 1 aliphatic heterocycles. The van der Waals surface area contributed by atoms with Gasteiger partial charge in [0.05, 0.1) is 6.73 Å². The first-order valence-electron chi connectivity index (χ1n) is 6.68. The van der Waals surface area contributed by atoms with Crippen molar-refractivity contribution in [3.63, 3.8) is 0 Å². The number of likely N-dealkylation sites (N-methyl/N-ethyl adjacent to an activating group) is 1. The van der Waals surface area contributed by atoms with Gasteiger partial charge in [-0.2, -0.15) is 0 Å². The van der Waals surface area contributed by atoms with Crippen molar-refractivity contribution in [2.24, 2.45) is 0 Å². The lowest BCUT2D eigenvalue weighted by atomic mass is 10.1. The molecule has 0 spiro atoms. The highest BCUT2D eigenvalue weighted by atomic mass is 16.6. The summed E-state index contributed by atoms with van der Waals surface area (Å²) in [5, 5.41) is 0. The molecule has 0 aromatic rings. The molecule has 0 aliphatic carbocycles. The van der Waals surface area contributed by atoms with Crippen LogP contribution in [0, 0.1) is 0 Å². The van der Waals surface area contributed by atoms with Crippen LogP contribution in [-0.4, -0.2) is 43.9 Å². The lowest BCUT2D eigenvalue weighted by Crippen LogP contribution is -2.23. The van der Waals surface area contributed by atoms with E-state index in [1.165, 1.54) is 19.3 Å². The Morgan fingerprint density at radius 1 is 1.35 bits per heavy atom. The quantitative estimate of drug-likeness (QED) is 0.484. The third kappa shape index (κ3) is 6.64. The van der Waals surface area contributed by atoms with Gasteiger partial charge in [-0.05, 0) is 13.5 Å². The summed E-state index contributed by atoms with van der Waals surface area (Å²) < 4.78 is 10.6. The summed E-state index contributed by atoms with van der Waals surface area (Å²) in [5.41, 5.74) is 0. The van der Waals surface area contributed by atoms with E-state index in [9.17, 15) is 4.79 Å². The fourth-order valence-electron chi connectivity index (χ4n) is 1.92. The van der Waals surface area contributed by atoms with Crippen LogP contribution >= 0.6 is 0 Å². The molecule has 1 saturated heterocycles. The molecule has 0 amide bonds. The normalized spacial score (nSPS) is 20.7. The maximum Gasteiger partial charge on any atom is 0.305 e. The SMILES string of the molecule is CCCCCCCC(=O)OCC1CN(C)CO1. The zero-order valence-corrected chi connectivity index (χ0v) is 11.1. The summed E-state index contributed by atoms with van der Waals surface area (Å²) in [4.78, 5) is 13.5. The average Bonchev–Trinajstić information content (AvgIpc) is 2.72. The number of hydrogen-bond donors (Lipinski definition) is 0. The molecule has 0 aromatic heterocycles. The zero-order valence-electron chi connectivity index (χ0n) is 11.1. The molecule has 4 nitrogen and oxygen atoms in total. The standard InChI is InChI=1S/C13H25NO3/c1-3-4-5-6-7-8-13(15)16-10-12-9-14(2)11-17-12/h12H,3-11H2,1-2H3. The van der Waals surface area contributed by atoms with Crippen molar-refractivity contribution in [1.82, 2.24) is 4.90 Å². The number of rotatable bonds is 8. The summed E-state index contributed by atoms with van der Waals surface area (Å²) >= 11 is 0. The first-order valence-corrected chi connectivity index (χ1v) is 6.68. The van der Waals surface area contributed by atoms with Crippen LogP contribution < -0.4 is 0 Å². The molecular formula is C13H25NO3. The molecule has 0 aromatic carbocycles. The molecule has 4 heteroatoms. The fourth-order valence-corrected chi connectivity index (χ4v) is 1.92. The Kier molecular flexibility index (Phi) is 7.21. The molecule has 0 radical (unpaired) electrons. The van der Waals surface area contributed by atoms with Gasteiger partial charge in [0.2, 0.25) is 0 Å². The van der Waals surface area contributed by atoms with Gasteiger partial charge in [0.1, 0.15) is 12.7 Å². The van der Waals surface area contributed by atoms with Crippen molar-refractivity contribution in [3.8, 4) is 0 Å². The molecule has 17 heavy (non-hydrogen) atoms. The molecule has 0 saturated carbocycles. The summed E-state index contributed by atoms with van der Waals surface area (Å²) in [7, 11) is 2.00. The monoisotopic (exact) mass is 243 g/mol. The number of ether oxygens (including phenoxy) is 2. The Morgan fingerprint density at radius 2 is 2.12 bits per heavy atom. The molecule has 100 valence electrons. The van der Waals surface area contributed by atoms with E-state index in [4.69, 9.17) is 9.47 Å². The predicted molar refractivity (Wildman–Crippen MR) is 66.7 cm³/mol. The largest absolute Gasteiger partial charge is 0.463 e. The van der Waals surface area contributed by atoms with E-state index >= 15 is 0 Å². The van der Waals surface area contributed by atoms with Crippen molar-refractivity contribution in [1.29, 1.82) is 0 Å². The van der Waals surface area contributed by atoms with Crippen LogP contribution in [0.15, 0.2) is 0 Å². The van der Waals surface area contributed by atoms with Gasteiger partial charge in [0.15, 0.2) is 0 Å². The molecule has 1 aliphatic rings. The second kappa shape index (κ2) is 8.48. The molecule has 0 bridgehead atoms. The third-order valence-electron chi connectivity index (χ3n) is 2.96. The van der Waals surface area contributed by atoms with Gasteiger partial charge >= 0.3 is 5.97 Å². The molecule has 1 atom stereocenters. The van der Waals surface area contributed by atoms with Crippen LogP contribution in [0.1, 0.15) is 45.4 Å². The molecule has 1 heterocycles. The highest BCUT2D eigenvalue weighted by Crippen LogP contribution is 2.08. The van der Waals surface area contributed by atoms with Gasteiger partial charge in [-0.25, -0.2) is 0 Å². The lowest BCUT2D eigenvalue weighted by molar-refractivity contribution is -0.146. The van der Waals surface area contributed by atoms with E-state index in [2.05, 4.69) is 11.8 Å². The van der Waals surface area contributed by atoms with Crippen LogP contribution in [0.4, 0.5) is 0 Å². The van der Waals surface area contributed by atoms with Crippen LogP contribution in [0.25, 0.3) is 0 Å². The highest BCUT2D eigenvalue weighted by Gasteiger charge is 2.21. The molecular weight excluding hydrogens is 218 g/mol. The lowest BCUT2D eigenvalue weighted by Gasteiger charge is -2.09. The van der Waals surface area contributed by atoms with Crippen LogP contribution in [0.3, 0.4) is 0 Å². The number of unbranched alkanes of at least 4 members (excludes halogenated alkanes) is 4. The molecule has 1 rings (SSSR count). The number of nitrogens with zero attached hydrogens (tertiary/aromatic N) is 1. The van der Waals surface area contributed by atoms with Crippen molar-refractivity contribution >= 4 is 5.97 Å². The second-order valence-electron chi connectivity index (χ2n) is 4.80. The Balaban J connectivity index is 1.94. The Hall–Kier alpha value is -0.610. The first kappa shape index (κ1) is 14.5. The highest BCUT2D eigenvalue weighted by molar-refractivity contribution is 5.69. The van der Waals surface area contributed by atoms with Gasteiger partial charge in [-0.1, -0.05) is 32.6 Å². The van der Waals surface area contributed by atoms with Crippen molar-refractivity contribution in [2.75, 3.05) is 26.9 Å². The van der Waals surface area contributed by atoms with Gasteiger partial charge in [0, 0.05) is 13.0 Å². The van der Waals surface area contributed by atoms with Crippen molar-refractivity contribution in [3.05, 3.63) is 0 Å². The summed E-state index contributed by atoms with van der Waals surface area (Å²) in [6.45, 7) is 4.08. The van der Waals surface area contributed by atoms with Gasteiger partial charge in [-0.15, -0.1) is 0 Å². The molecule has 1 fully saturated rings. The van der Waals surface area contributed by atoms with Crippen LogP contribution in [0.5, 0.6) is 0 Å². The second-order valence-corrected chi connectivity index (χ2v) is 4.80. The van der Waals surface area contributed by atoms with E-state index in [1.54, 1.807) is 0 Å². The summed E-state index contributed by atoms with van der Waals surface area (Å²) in [6.07, 6.45) is 6.40. The van der Waals surface area contributed by atoms with E-state index in [1.807, 2.05) is 7.05 Å². The minimum absolute atomic E-state index is 0.0593. The third-order valence-corrected chi connectivity index (χ3v) is 2.96. The number of hydrogen-bond acceptors (Lipinski definition) is 4. The Labute approximate surface area is 104 Å². The molecule has 0 N–H and O–H groups in total. The average molecular weight is 243 g/mol. The first-order chi connectivity index (χ1) is 8.22. The van der Waals surface area contributed by atoms with Crippen LogP contribution in [0.2, 0.25) is 0 Å². The Morgan fingerprint density at radius 3 is 2.76 bits per heavy atom. The maximum atomic E-state index is 11.4. The summed E-state index contributed by atoms with van der Waals surface area (Å²) in [5.74, 6) is -0.0837. The van der Waals surface area contributed by atoms with E-state index < -0.39 is 0 Å². The zero-order chi connectivity index (χ0) is 12.5. The topological polar surface area (TPSA) is 38.8 Å². The number of carbonyl (C=O) groups is 1. The van der Waals surface area contributed by atoms with Gasteiger partial charge < -0.3 is 9.47 Å². The summed E-state index contributed by atoms with van der Waals surface area (Å²) in [6, 6.07) is 0. The van der Waals surface area contributed by atoms with E-state index in [0.29, 0.717) is 19.8 Å². The predicted octanol–water partition coefficient (Wildman–Crippen LogP) is 2.18. The van der Waals surface area contributed by atoms with Gasteiger partial charge in [-0.3, -0.25) is 9.69 Å². The van der Waals surface area contributed by atoms with Gasteiger partial charge in [0.25, 0.3) is 0 Å².